The zero-order chi connectivity index (χ0) is 13.8. The lowest BCUT2D eigenvalue weighted by Gasteiger charge is -2.40. The Morgan fingerprint density at radius 1 is 1.30 bits per heavy atom. The fraction of sp³-hybridized carbons (Fsp3) is 0.647. The van der Waals surface area contributed by atoms with Crippen molar-refractivity contribution in [2.75, 3.05) is 26.2 Å². The number of piperazine rings is 1. The molecule has 1 aromatic carbocycles. The van der Waals surface area contributed by atoms with Crippen molar-refractivity contribution in [3.63, 3.8) is 0 Å². The first-order valence-corrected chi connectivity index (χ1v) is 7.97. The average Bonchev–Trinajstić information content (AvgIpc) is 2.99. The Labute approximate surface area is 122 Å². The summed E-state index contributed by atoms with van der Waals surface area (Å²) in [5, 5.41) is 3.62. The molecule has 2 aliphatic heterocycles. The van der Waals surface area contributed by atoms with Gasteiger partial charge in [-0.25, -0.2) is 0 Å². The largest absolute Gasteiger partial charge is 0.378 e. The Morgan fingerprint density at radius 2 is 2.15 bits per heavy atom. The van der Waals surface area contributed by atoms with Gasteiger partial charge in [-0.3, -0.25) is 4.90 Å². The maximum absolute atomic E-state index is 5.77. The van der Waals surface area contributed by atoms with Gasteiger partial charge in [-0.2, -0.15) is 0 Å². The molecule has 2 saturated heterocycles. The van der Waals surface area contributed by atoms with Gasteiger partial charge in [0.25, 0.3) is 0 Å². The second-order valence-corrected chi connectivity index (χ2v) is 6.15. The van der Waals surface area contributed by atoms with Crippen molar-refractivity contribution < 1.29 is 4.74 Å². The molecule has 1 N–H and O–H groups in total. The molecule has 0 amide bonds. The van der Waals surface area contributed by atoms with Crippen LogP contribution in [0.15, 0.2) is 30.3 Å². The van der Waals surface area contributed by atoms with Crippen molar-refractivity contribution >= 4 is 0 Å². The Kier molecular flexibility index (Phi) is 4.71. The molecule has 20 heavy (non-hydrogen) atoms. The summed E-state index contributed by atoms with van der Waals surface area (Å²) >= 11 is 0. The summed E-state index contributed by atoms with van der Waals surface area (Å²) in [6.45, 7) is 6.57. The molecule has 3 rings (SSSR count). The zero-order valence-electron chi connectivity index (χ0n) is 12.4. The Morgan fingerprint density at radius 3 is 2.90 bits per heavy atom. The van der Waals surface area contributed by atoms with Crippen LogP contribution in [0.3, 0.4) is 0 Å². The monoisotopic (exact) mass is 274 g/mol. The van der Waals surface area contributed by atoms with Crippen molar-refractivity contribution in [2.45, 2.75) is 44.4 Å². The van der Waals surface area contributed by atoms with Crippen LogP contribution in [0.2, 0.25) is 0 Å². The minimum absolute atomic E-state index is 0.497. The van der Waals surface area contributed by atoms with E-state index in [1.54, 1.807) is 0 Å². The molecule has 0 saturated carbocycles. The summed E-state index contributed by atoms with van der Waals surface area (Å²) < 4.78 is 5.77. The molecule has 3 atom stereocenters. The van der Waals surface area contributed by atoms with Crippen LogP contribution in [0, 0.1) is 0 Å². The van der Waals surface area contributed by atoms with Crippen LogP contribution in [0.5, 0.6) is 0 Å². The highest BCUT2D eigenvalue weighted by Crippen LogP contribution is 2.25. The van der Waals surface area contributed by atoms with Crippen molar-refractivity contribution in [3.8, 4) is 0 Å². The third-order valence-electron chi connectivity index (χ3n) is 4.56. The number of nitrogens with one attached hydrogen (secondary N) is 1. The predicted octanol–water partition coefficient (Wildman–Crippen LogP) is 2.59. The second-order valence-electron chi connectivity index (χ2n) is 6.15. The third kappa shape index (κ3) is 3.40. The normalized spacial score (nSPS) is 31.6. The van der Waals surface area contributed by atoms with E-state index >= 15 is 0 Å². The van der Waals surface area contributed by atoms with Crippen LogP contribution in [0.1, 0.15) is 37.8 Å². The first-order valence-electron chi connectivity index (χ1n) is 7.97. The molecule has 2 aliphatic rings. The van der Waals surface area contributed by atoms with E-state index in [0.29, 0.717) is 18.2 Å². The van der Waals surface area contributed by atoms with E-state index in [2.05, 4.69) is 47.5 Å². The number of hydrogen-bond acceptors (Lipinski definition) is 3. The van der Waals surface area contributed by atoms with E-state index < -0.39 is 0 Å². The lowest BCUT2D eigenvalue weighted by Crippen LogP contribution is -2.51. The smallest absolute Gasteiger partial charge is 0.0588 e. The van der Waals surface area contributed by atoms with Gasteiger partial charge >= 0.3 is 0 Å². The van der Waals surface area contributed by atoms with E-state index in [0.717, 1.165) is 26.2 Å². The number of ether oxygens (including phenoxy) is 1. The highest BCUT2D eigenvalue weighted by atomic mass is 16.5. The molecule has 2 heterocycles. The summed E-state index contributed by atoms with van der Waals surface area (Å²) in [4.78, 5) is 2.64. The summed E-state index contributed by atoms with van der Waals surface area (Å²) in [7, 11) is 0. The molecule has 110 valence electrons. The average molecular weight is 274 g/mol. The maximum atomic E-state index is 5.77. The molecular formula is C17H26N2O. The molecular weight excluding hydrogens is 248 g/mol. The van der Waals surface area contributed by atoms with Crippen molar-refractivity contribution in [1.82, 2.24) is 10.2 Å². The van der Waals surface area contributed by atoms with Crippen LogP contribution in [0.25, 0.3) is 0 Å². The maximum Gasteiger partial charge on any atom is 0.0588 e. The topological polar surface area (TPSA) is 24.5 Å². The van der Waals surface area contributed by atoms with E-state index in [1.807, 2.05) is 0 Å². The summed E-state index contributed by atoms with van der Waals surface area (Å²) in [6, 6.07) is 12.0. The van der Waals surface area contributed by atoms with Gasteiger partial charge in [-0.1, -0.05) is 30.3 Å². The Bertz CT molecular complexity index is 403. The first kappa shape index (κ1) is 14.1. The molecule has 0 radical (unpaired) electrons. The van der Waals surface area contributed by atoms with Gasteiger partial charge in [-0.05, 0) is 31.7 Å². The predicted molar refractivity (Wildman–Crippen MR) is 81.8 cm³/mol. The van der Waals surface area contributed by atoms with Crippen LogP contribution in [-0.2, 0) is 4.74 Å². The minimum Gasteiger partial charge on any atom is -0.378 e. The van der Waals surface area contributed by atoms with Crippen LogP contribution >= 0.6 is 0 Å². The second kappa shape index (κ2) is 6.70. The summed E-state index contributed by atoms with van der Waals surface area (Å²) in [5.74, 6) is 0. The number of benzene rings is 1. The fourth-order valence-electron chi connectivity index (χ4n) is 3.42. The van der Waals surface area contributed by atoms with Gasteiger partial charge in [-0.15, -0.1) is 0 Å². The number of rotatable bonds is 4. The minimum atomic E-state index is 0.497. The molecule has 0 spiro atoms. The van der Waals surface area contributed by atoms with E-state index in [-0.39, 0.29) is 0 Å². The SMILES string of the molecule is CC1CN(CCC2CCCO2)C(c2ccccc2)CN1. The molecule has 0 aliphatic carbocycles. The quantitative estimate of drug-likeness (QED) is 0.913. The molecule has 3 unspecified atom stereocenters. The van der Waals surface area contributed by atoms with E-state index in [4.69, 9.17) is 4.74 Å². The molecule has 1 aromatic rings. The zero-order valence-corrected chi connectivity index (χ0v) is 12.4. The highest BCUT2D eigenvalue weighted by Gasteiger charge is 2.27. The van der Waals surface area contributed by atoms with Crippen LogP contribution in [0.4, 0.5) is 0 Å². The molecule has 0 bridgehead atoms. The van der Waals surface area contributed by atoms with E-state index in [9.17, 15) is 0 Å². The standard InChI is InChI=1S/C17H26N2O/c1-14-13-19(10-9-16-8-5-11-20-16)17(12-18-14)15-6-3-2-4-7-15/h2-4,6-7,14,16-18H,5,8-13H2,1H3. The summed E-state index contributed by atoms with van der Waals surface area (Å²) in [6.07, 6.45) is 4.16. The van der Waals surface area contributed by atoms with Gasteiger partial charge in [0.05, 0.1) is 6.10 Å². The Hall–Kier alpha value is -0.900. The fourth-order valence-corrected chi connectivity index (χ4v) is 3.42. The molecule has 2 fully saturated rings. The van der Waals surface area contributed by atoms with E-state index in [1.165, 1.54) is 24.8 Å². The van der Waals surface area contributed by atoms with Gasteiger partial charge in [0.2, 0.25) is 0 Å². The van der Waals surface area contributed by atoms with Crippen molar-refractivity contribution in [3.05, 3.63) is 35.9 Å². The molecule has 0 aromatic heterocycles. The number of nitrogens with zero attached hydrogens (tertiary/aromatic N) is 1. The third-order valence-corrected chi connectivity index (χ3v) is 4.56. The van der Waals surface area contributed by atoms with Gasteiger partial charge in [0.15, 0.2) is 0 Å². The molecule has 3 heteroatoms. The van der Waals surface area contributed by atoms with Crippen molar-refractivity contribution in [2.24, 2.45) is 0 Å². The summed E-state index contributed by atoms with van der Waals surface area (Å²) in [5.41, 5.74) is 1.43. The lowest BCUT2D eigenvalue weighted by atomic mass is 10.0. The van der Waals surface area contributed by atoms with Gasteiger partial charge in [0.1, 0.15) is 0 Å². The van der Waals surface area contributed by atoms with Crippen LogP contribution in [-0.4, -0.2) is 43.3 Å². The Balaban J connectivity index is 1.63. The van der Waals surface area contributed by atoms with Gasteiger partial charge < -0.3 is 10.1 Å². The molecule has 3 nitrogen and oxygen atoms in total. The highest BCUT2D eigenvalue weighted by molar-refractivity contribution is 5.20. The van der Waals surface area contributed by atoms with Gasteiger partial charge in [0, 0.05) is 38.3 Å². The van der Waals surface area contributed by atoms with Crippen molar-refractivity contribution in [1.29, 1.82) is 0 Å². The number of hydrogen-bond donors (Lipinski definition) is 1. The lowest BCUT2D eigenvalue weighted by molar-refractivity contribution is 0.0721. The first-order chi connectivity index (χ1) is 9.83. The van der Waals surface area contributed by atoms with Crippen LogP contribution < -0.4 is 5.32 Å².